The Bertz CT molecular complexity index is 651. The molecule has 1 saturated heterocycles. The Labute approximate surface area is 143 Å². The molecule has 1 aliphatic heterocycles. The highest BCUT2D eigenvalue weighted by atomic mass is 16.5. The van der Waals surface area contributed by atoms with E-state index in [2.05, 4.69) is 29.4 Å². The van der Waals surface area contributed by atoms with Crippen LogP contribution in [-0.4, -0.2) is 66.7 Å². The van der Waals surface area contributed by atoms with E-state index in [4.69, 9.17) is 4.74 Å². The van der Waals surface area contributed by atoms with E-state index in [0.717, 1.165) is 25.1 Å². The summed E-state index contributed by atoms with van der Waals surface area (Å²) < 4.78 is 5.45. The van der Waals surface area contributed by atoms with Crippen molar-refractivity contribution in [1.82, 2.24) is 10.2 Å². The Balaban J connectivity index is 1.91. The molecule has 0 spiro atoms. The molecule has 0 radical (unpaired) electrons. The van der Waals surface area contributed by atoms with Gasteiger partial charge in [0.25, 0.3) is 0 Å². The van der Waals surface area contributed by atoms with Gasteiger partial charge in [-0.1, -0.05) is 6.07 Å². The van der Waals surface area contributed by atoms with Gasteiger partial charge < -0.3 is 25.2 Å². The average Bonchev–Trinajstić information content (AvgIpc) is 2.58. The predicted octanol–water partition coefficient (Wildman–Crippen LogP) is 0.667. The normalized spacial score (nSPS) is 41.5. The molecule has 3 N–H and O–H groups in total. The van der Waals surface area contributed by atoms with E-state index in [1.807, 2.05) is 13.1 Å². The number of nitrogens with zero attached hydrogens (tertiary/aromatic N) is 1. The summed E-state index contributed by atoms with van der Waals surface area (Å²) >= 11 is 0. The summed E-state index contributed by atoms with van der Waals surface area (Å²) in [5, 5.41) is 25.9. The molecule has 24 heavy (non-hydrogen) atoms. The molecule has 1 heterocycles. The zero-order chi connectivity index (χ0) is 17.1. The first-order valence-corrected chi connectivity index (χ1v) is 8.90. The Morgan fingerprint density at radius 3 is 2.83 bits per heavy atom. The topological polar surface area (TPSA) is 65.0 Å². The predicted molar refractivity (Wildman–Crippen MR) is 92.4 cm³/mol. The molecule has 5 heteroatoms. The third-order valence-corrected chi connectivity index (χ3v) is 6.97. The lowest BCUT2D eigenvalue weighted by molar-refractivity contribution is -0.184. The number of ether oxygens (including phenoxy) is 1. The van der Waals surface area contributed by atoms with Gasteiger partial charge in [0.1, 0.15) is 5.75 Å². The van der Waals surface area contributed by atoms with Crippen molar-refractivity contribution in [2.45, 2.75) is 54.9 Å². The third-order valence-electron chi connectivity index (χ3n) is 6.97. The molecule has 5 unspecified atom stereocenters. The largest absolute Gasteiger partial charge is 0.497 e. The summed E-state index contributed by atoms with van der Waals surface area (Å²) in [5.74, 6) is 0.827. The number of hydrogen-bond donors (Lipinski definition) is 3. The molecule has 132 valence electrons. The fourth-order valence-corrected chi connectivity index (χ4v) is 5.62. The summed E-state index contributed by atoms with van der Waals surface area (Å²) in [4.78, 5) is 2.30. The van der Waals surface area contributed by atoms with Gasteiger partial charge in [0, 0.05) is 17.5 Å². The van der Waals surface area contributed by atoms with Crippen molar-refractivity contribution in [1.29, 1.82) is 0 Å². The van der Waals surface area contributed by atoms with Crippen molar-refractivity contribution in [2.24, 2.45) is 0 Å². The summed E-state index contributed by atoms with van der Waals surface area (Å²) in [6, 6.07) is 6.26. The van der Waals surface area contributed by atoms with Crippen molar-refractivity contribution in [3.05, 3.63) is 29.3 Å². The van der Waals surface area contributed by atoms with Crippen LogP contribution in [0.5, 0.6) is 5.75 Å². The number of rotatable bonds is 2. The Morgan fingerprint density at radius 2 is 2.12 bits per heavy atom. The maximum atomic E-state index is 11.9. The highest BCUT2D eigenvalue weighted by molar-refractivity contribution is 5.49. The second kappa shape index (κ2) is 5.43. The zero-order valence-electron chi connectivity index (χ0n) is 14.7. The van der Waals surface area contributed by atoms with E-state index in [-0.39, 0.29) is 17.5 Å². The number of aliphatic hydroxyl groups excluding tert-OH is 1. The number of fused-ring (bicyclic) bond motifs is 1. The molecule has 3 aliphatic rings. The first-order valence-electron chi connectivity index (χ1n) is 8.90. The molecule has 2 aliphatic carbocycles. The van der Waals surface area contributed by atoms with Crippen LogP contribution in [0.1, 0.15) is 30.4 Å². The number of nitrogens with one attached hydrogen (secondary N) is 1. The molecule has 4 rings (SSSR count). The monoisotopic (exact) mass is 332 g/mol. The van der Waals surface area contributed by atoms with Crippen LogP contribution in [0.25, 0.3) is 0 Å². The van der Waals surface area contributed by atoms with E-state index in [1.54, 1.807) is 7.11 Å². The molecule has 5 nitrogen and oxygen atoms in total. The smallest absolute Gasteiger partial charge is 0.119 e. The number of benzene rings is 1. The van der Waals surface area contributed by atoms with Crippen LogP contribution in [0.2, 0.25) is 0 Å². The molecule has 2 bridgehead atoms. The van der Waals surface area contributed by atoms with Crippen molar-refractivity contribution < 1.29 is 14.9 Å². The van der Waals surface area contributed by atoms with Crippen LogP contribution in [0.3, 0.4) is 0 Å². The molecular weight excluding hydrogens is 304 g/mol. The van der Waals surface area contributed by atoms with Crippen LogP contribution in [0, 0.1) is 0 Å². The van der Waals surface area contributed by atoms with E-state index >= 15 is 0 Å². The standard InChI is InChI=1S/C19H28N2O3/c1-20-15-10-19(23)17-8-12-4-5-13(24-3)9-14(12)18(19,11-16(15)22)6-7-21(17)2/h4-5,9,15-17,20,22-23H,6-8,10-11H2,1-3H3. The highest BCUT2D eigenvalue weighted by Gasteiger charge is 2.65. The van der Waals surface area contributed by atoms with E-state index in [0.29, 0.717) is 12.8 Å². The SMILES string of the molecule is CNC1CC2(O)C3Cc4ccc(OC)cc4C2(CCN3C)CC1O. The fraction of sp³-hybridized carbons (Fsp3) is 0.684. The zero-order valence-corrected chi connectivity index (χ0v) is 14.7. The Hall–Kier alpha value is -1.14. The van der Waals surface area contributed by atoms with Crippen LogP contribution < -0.4 is 10.1 Å². The van der Waals surface area contributed by atoms with Crippen LogP contribution in [0.4, 0.5) is 0 Å². The van der Waals surface area contributed by atoms with Gasteiger partial charge in [-0.25, -0.2) is 0 Å². The molecule has 1 saturated carbocycles. The number of hydrogen-bond acceptors (Lipinski definition) is 5. The molecule has 0 amide bonds. The highest BCUT2D eigenvalue weighted by Crippen LogP contribution is 2.58. The van der Waals surface area contributed by atoms with Crippen LogP contribution in [-0.2, 0) is 11.8 Å². The summed E-state index contributed by atoms with van der Waals surface area (Å²) in [5.41, 5.74) is 1.25. The number of aliphatic hydroxyl groups is 2. The first-order chi connectivity index (χ1) is 11.4. The van der Waals surface area contributed by atoms with Crippen LogP contribution >= 0.6 is 0 Å². The van der Waals surface area contributed by atoms with Gasteiger partial charge in [0.05, 0.1) is 18.8 Å². The van der Waals surface area contributed by atoms with E-state index < -0.39 is 11.7 Å². The van der Waals surface area contributed by atoms with Gasteiger partial charge >= 0.3 is 0 Å². The Kier molecular flexibility index (Phi) is 3.69. The lowest BCUT2D eigenvalue weighted by Gasteiger charge is -2.65. The lowest BCUT2D eigenvalue weighted by atomic mass is 9.48. The lowest BCUT2D eigenvalue weighted by Crippen LogP contribution is -2.75. The second-order valence-electron chi connectivity index (χ2n) is 7.85. The summed E-state index contributed by atoms with van der Waals surface area (Å²) in [7, 11) is 5.66. The van der Waals surface area contributed by atoms with Crippen LogP contribution in [0.15, 0.2) is 18.2 Å². The minimum Gasteiger partial charge on any atom is -0.497 e. The molecular formula is C19H28N2O3. The van der Waals surface area contributed by atoms with Crippen molar-refractivity contribution in [3.8, 4) is 5.75 Å². The third kappa shape index (κ3) is 1.96. The van der Waals surface area contributed by atoms with Gasteiger partial charge in [0.2, 0.25) is 0 Å². The maximum absolute atomic E-state index is 11.9. The summed E-state index contributed by atoms with van der Waals surface area (Å²) in [6.45, 7) is 0.945. The number of likely N-dealkylation sites (N-methyl/N-ethyl adjacent to an activating group) is 2. The van der Waals surface area contributed by atoms with Gasteiger partial charge in [-0.3, -0.25) is 0 Å². The Morgan fingerprint density at radius 1 is 1.33 bits per heavy atom. The van der Waals surface area contributed by atoms with Gasteiger partial charge in [-0.15, -0.1) is 0 Å². The number of likely N-dealkylation sites (tertiary alicyclic amines) is 1. The first kappa shape index (κ1) is 16.3. The van der Waals surface area contributed by atoms with Crippen molar-refractivity contribution >= 4 is 0 Å². The van der Waals surface area contributed by atoms with Crippen molar-refractivity contribution in [3.63, 3.8) is 0 Å². The maximum Gasteiger partial charge on any atom is 0.119 e. The second-order valence-corrected chi connectivity index (χ2v) is 7.85. The molecule has 5 atom stereocenters. The minimum absolute atomic E-state index is 0.0655. The number of methoxy groups -OCH3 is 1. The molecule has 2 fully saturated rings. The quantitative estimate of drug-likeness (QED) is 0.743. The number of piperidine rings is 1. The molecule has 0 aromatic heterocycles. The van der Waals surface area contributed by atoms with Gasteiger partial charge in [-0.05, 0) is 69.6 Å². The van der Waals surface area contributed by atoms with Gasteiger partial charge in [0.15, 0.2) is 0 Å². The fourth-order valence-electron chi connectivity index (χ4n) is 5.62. The van der Waals surface area contributed by atoms with E-state index in [1.165, 1.54) is 11.1 Å². The minimum atomic E-state index is -0.827. The average molecular weight is 332 g/mol. The van der Waals surface area contributed by atoms with E-state index in [9.17, 15) is 10.2 Å². The summed E-state index contributed by atoms with van der Waals surface area (Å²) in [6.07, 6.45) is 2.44. The molecule has 1 aromatic carbocycles. The molecule has 1 aromatic rings. The van der Waals surface area contributed by atoms with Crippen molar-refractivity contribution in [2.75, 3.05) is 27.7 Å². The van der Waals surface area contributed by atoms with Gasteiger partial charge in [-0.2, -0.15) is 0 Å².